The lowest BCUT2D eigenvalue weighted by molar-refractivity contribution is -0.138. The number of nitrogens with zero attached hydrogens (tertiary/aromatic N) is 3. The van der Waals surface area contributed by atoms with Crippen molar-refractivity contribution >= 4 is 28.8 Å². The first-order valence-electron chi connectivity index (χ1n) is 11.3. The molecule has 0 saturated carbocycles. The second-order valence-corrected chi connectivity index (χ2v) is 8.44. The second-order valence-electron chi connectivity index (χ2n) is 8.44. The lowest BCUT2D eigenvalue weighted by atomic mass is 9.99. The number of hydrogen-bond acceptors (Lipinski definition) is 6. The van der Waals surface area contributed by atoms with E-state index in [0.717, 1.165) is 6.07 Å². The number of ketones is 1. The van der Waals surface area contributed by atoms with E-state index in [1.54, 1.807) is 51.9 Å². The number of carbonyl (C=O) groups excluding carboxylic acids is 2. The highest BCUT2D eigenvalue weighted by Crippen LogP contribution is 2.37. The largest absolute Gasteiger partial charge is 0.490 e. The van der Waals surface area contributed by atoms with Crippen LogP contribution in [-0.4, -0.2) is 47.4 Å². The molecule has 1 unspecified atom stereocenters. The summed E-state index contributed by atoms with van der Waals surface area (Å²) in [6, 6.07) is 2.49. The summed E-state index contributed by atoms with van der Waals surface area (Å²) in [5.74, 6) is 0.454. The van der Waals surface area contributed by atoms with Crippen LogP contribution in [0, 0.1) is 6.92 Å². The summed E-state index contributed by atoms with van der Waals surface area (Å²) < 4.78 is 46.4. The Morgan fingerprint density at radius 1 is 1.25 bits per heavy atom. The van der Waals surface area contributed by atoms with Crippen molar-refractivity contribution in [1.82, 2.24) is 14.9 Å². The molecule has 1 aliphatic rings. The Morgan fingerprint density at radius 2 is 1.97 bits per heavy atom. The monoisotopic (exact) mass is 503 g/mol. The van der Waals surface area contributed by atoms with Crippen molar-refractivity contribution in [2.24, 2.45) is 0 Å². The number of anilines is 2. The Hall–Kier alpha value is -3.73. The molecule has 1 aliphatic carbocycles. The lowest BCUT2D eigenvalue weighted by Gasteiger charge is -2.24. The molecule has 0 radical (unpaired) electrons. The fraction of sp³-hybridized carbons (Fsp3) is 0.360. The molecule has 8 nitrogen and oxygen atoms in total. The zero-order valence-electron chi connectivity index (χ0n) is 20.7. The van der Waals surface area contributed by atoms with Crippen molar-refractivity contribution in [1.29, 1.82) is 0 Å². The van der Waals surface area contributed by atoms with E-state index < -0.39 is 23.8 Å². The number of rotatable bonds is 7. The maximum atomic E-state index is 13.7. The number of aromatic nitrogens is 2. The van der Waals surface area contributed by atoms with Gasteiger partial charge >= 0.3 is 12.2 Å². The Bertz CT molecular complexity index is 1220. The van der Waals surface area contributed by atoms with E-state index >= 15 is 0 Å². The fourth-order valence-electron chi connectivity index (χ4n) is 3.55. The van der Waals surface area contributed by atoms with Gasteiger partial charge in [-0.1, -0.05) is 12.1 Å². The summed E-state index contributed by atoms with van der Waals surface area (Å²) in [6.07, 6.45) is 0.244. The Kier molecular flexibility index (Phi) is 8.13. The van der Waals surface area contributed by atoms with E-state index in [1.807, 2.05) is 0 Å². The minimum absolute atomic E-state index is 0.00431. The van der Waals surface area contributed by atoms with Crippen LogP contribution < -0.4 is 10.6 Å². The molecule has 1 atom stereocenters. The van der Waals surface area contributed by atoms with Crippen LogP contribution >= 0.6 is 0 Å². The highest BCUT2D eigenvalue weighted by Gasteiger charge is 2.35. The summed E-state index contributed by atoms with van der Waals surface area (Å²) >= 11 is 0. The Morgan fingerprint density at radius 3 is 2.58 bits per heavy atom. The van der Waals surface area contributed by atoms with E-state index in [-0.39, 0.29) is 34.9 Å². The standard InChI is InChI=1S/C25H28F3N5O3/c1-6-36-22-11-16(7-10-21(22)34)23-29-13-20(14(2)30-23)32-24(35)31-17-8-9-18(15(3)33(4)5)19(12-17)25(26,27)28/h7-9,11-13,15H,6,10H2,1-5H3,(H2,31,32,35). The summed E-state index contributed by atoms with van der Waals surface area (Å²) in [6.45, 7) is 5.46. The lowest BCUT2D eigenvalue weighted by Crippen LogP contribution is -2.23. The third-order valence-corrected chi connectivity index (χ3v) is 5.70. The topological polar surface area (TPSA) is 96.4 Å². The number of hydrogen-bond donors (Lipinski definition) is 2. The zero-order valence-corrected chi connectivity index (χ0v) is 20.7. The first kappa shape index (κ1) is 26.9. The number of carbonyl (C=O) groups is 2. The molecule has 0 fully saturated rings. The maximum absolute atomic E-state index is 13.7. The van der Waals surface area contributed by atoms with Crippen LogP contribution in [0.4, 0.5) is 29.3 Å². The summed E-state index contributed by atoms with van der Waals surface area (Å²) in [4.78, 5) is 34.7. The molecule has 2 aromatic rings. The predicted molar refractivity (Wildman–Crippen MR) is 130 cm³/mol. The maximum Gasteiger partial charge on any atom is 0.416 e. The molecule has 1 aromatic heterocycles. The predicted octanol–water partition coefficient (Wildman–Crippen LogP) is 5.35. The van der Waals surface area contributed by atoms with E-state index in [4.69, 9.17) is 4.74 Å². The average Bonchev–Trinajstić information content (AvgIpc) is 2.81. The van der Waals surface area contributed by atoms with Gasteiger partial charge in [0.2, 0.25) is 5.78 Å². The molecular formula is C25H28F3N5O3. The van der Waals surface area contributed by atoms with Gasteiger partial charge < -0.3 is 20.3 Å². The number of amides is 2. The Labute approximate surface area is 207 Å². The Balaban J connectivity index is 1.76. The van der Waals surface area contributed by atoms with Gasteiger partial charge in [0.1, 0.15) is 0 Å². The summed E-state index contributed by atoms with van der Waals surface area (Å²) in [5, 5.41) is 4.99. The van der Waals surface area contributed by atoms with E-state index in [0.29, 0.717) is 23.7 Å². The molecule has 2 N–H and O–H groups in total. The summed E-state index contributed by atoms with van der Waals surface area (Å²) in [5.41, 5.74) is 0.624. The average molecular weight is 504 g/mol. The SMILES string of the molecule is CCOC1=CC(c2ncc(NC(=O)Nc3ccc(C(C)N(C)C)c(C(F)(F)F)c3)c(C)n2)=CCC1=O. The van der Waals surface area contributed by atoms with Crippen LogP contribution in [0.3, 0.4) is 0 Å². The number of halogens is 3. The molecule has 3 rings (SSSR count). The van der Waals surface area contributed by atoms with Crippen molar-refractivity contribution in [3.8, 4) is 0 Å². The van der Waals surface area contributed by atoms with Gasteiger partial charge in [-0.25, -0.2) is 14.8 Å². The van der Waals surface area contributed by atoms with Crippen LogP contribution in [0.25, 0.3) is 5.57 Å². The van der Waals surface area contributed by atoms with Gasteiger partial charge in [0.15, 0.2) is 11.6 Å². The van der Waals surface area contributed by atoms with E-state index in [9.17, 15) is 22.8 Å². The van der Waals surface area contributed by atoms with Gasteiger partial charge in [0.25, 0.3) is 0 Å². The van der Waals surface area contributed by atoms with Crippen LogP contribution in [-0.2, 0) is 15.7 Å². The minimum atomic E-state index is -4.58. The van der Waals surface area contributed by atoms with Crippen molar-refractivity contribution in [2.75, 3.05) is 31.3 Å². The van der Waals surface area contributed by atoms with Crippen LogP contribution in [0.1, 0.15) is 49.0 Å². The number of Topliss-reactive ketones (excluding diaryl/α,β-unsaturated/α-hetero) is 1. The molecule has 0 saturated heterocycles. The molecule has 11 heteroatoms. The highest BCUT2D eigenvalue weighted by molar-refractivity contribution is 6.01. The zero-order chi connectivity index (χ0) is 26.6. The van der Waals surface area contributed by atoms with Gasteiger partial charge in [0.05, 0.1) is 29.7 Å². The van der Waals surface area contributed by atoms with E-state index in [2.05, 4.69) is 20.6 Å². The molecule has 0 spiro atoms. The molecule has 1 aromatic carbocycles. The highest BCUT2D eigenvalue weighted by atomic mass is 19.4. The first-order chi connectivity index (χ1) is 16.9. The quantitative estimate of drug-likeness (QED) is 0.529. The van der Waals surface area contributed by atoms with Crippen molar-refractivity contribution in [3.63, 3.8) is 0 Å². The number of aryl methyl sites for hydroxylation is 1. The number of allylic oxidation sites excluding steroid dienone is 4. The van der Waals surface area contributed by atoms with Crippen LogP contribution in [0.5, 0.6) is 0 Å². The number of benzene rings is 1. The molecule has 192 valence electrons. The van der Waals surface area contributed by atoms with Crippen molar-refractivity contribution in [3.05, 3.63) is 65.0 Å². The number of alkyl halides is 3. The second kappa shape index (κ2) is 10.9. The normalized spacial score (nSPS) is 14.8. The molecule has 36 heavy (non-hydrogen) atoms. The third-order valence-electron chi connectivity index (χ3n) is 5.70. The van der Waals surface area contributed by atoms with Crippen LogP contribution in [0.2, 0.25) is 0 Å². The smallest absolute Gasteiger partial charge is 0.416 e. The van der Waals surface area contributed by atoms with Gasteiger partial charge in [-0.15, -0.1) is 0 Å². The first-order valence-corrected chi connectivity index (χ1v) is 11.3. The molecule has 1 heterocycles. The minimum Gasteiger partial charge on any atom is -0.490 e. The number of nitrogens with one attached hydrogen (secondary N) is 2. The van der Waals surface area contributed by atoms with Crippen molar-refractivity contribution in [2.45, 2.75) is 39.4 Å². The molecule has 0 aliphatic heterocycles. The van der Waals surface area contributed by atoms with Gasteiger partial charge in [-0.05, 0) is 58.6 Å². The van der Waals surface area contributed by atoms with Gasteiger partial charge in [0, 0.05) is 23.7 Å². The summed E-state index contributed by atoms with van der Waals surface area (Å²) in [7, 11) is 3.39. The molecule has 0 bridgehead atoms. The van der Waals surface area contributed by atoms with Gasteiger partial charge in [-0.2, -0.15) is 13.2 Å². The fourth-order valence-corrected chi connectivity index (χ4v) is 3.55. The van der Waals surface area contributed by atoms with E-state index in [1.165, 1.54) is 18.3 Å². The number of ether oxygens (including phenoxy) is 1. The molecular weight excluding hydrogens is 475 g/mol. The van der Waals surface area contributed by atoms with Crippen LogP contribution in [0.15, 0.2) is 42.3 Å². The van der Waals surface area contributed by atoms with Crippen molar-refractivity contribution < 1.29 is 27.5 Å². The molecule has 2 amide bonds. The third kappa shape index (κ3) is 6.28. The number of urea groups is 1. The van der Waals surface area contributed by atoms with Gasteiger partial charge in [-0.3, -0.25) is 4.79 Å².